The third-order valence-corrected chi connectivity index (χ3v) is 5.24. The lowest BCUT2D eigenvalue weighted by Gasteiger charge is -2.15. The minimum Gasteiger partial charge on any atom is -0.478 e. The summed E-state index contributed by atoms with van der Waals surface area (Å²) in [6, 6.07) is 6.61. The molecule has 1 heterocycles. The highest BCUT2D eigenvalue weighted by Crippen LogP contribution is 2.36. The summed E-state index contributed by atoms with van der Waals surface area (Å²) in [7, 11) is 0. The number of carboxylic acids is 1. The molecule has 0 atom stereocenters. The molecule has 3 rings (SSSR count). The number of nitrogens with zero attached hydrogens (tertiary/aromatic N) is 1. The minimum atomic E-state index is -4.43. The zero-order chi connectivity index (χ0) is 20.1. The van der Waals surface area contributed by atoms with Crippen molar-refractivity contribution in [3.8, 4) is 0 Å². The lowest BCUT2D eigenvalue weighted by atomic mass is 10.1. The second kappa shape index (κ2) is 6.77. The average Bonchev–Trinajstić information content (AvgIpc) is 2.86. The first-order valence-electron chi connectivity index (χ1n) is 7.88. The van der Waals surface area contributed by atoms with Crippen LogP contribution in [0.15, 0.2) is 30.3 Å². The van der Waals surface area contributed by atoms with Crippen LogP contribution in [0.3, 0.4) is 0 Å². The molecule has 3 nitrogen and oxygen atoms in total. The fourth-order valence-corrected chi connectivity index (χ4v) is 3.77. The molecule has 0 saturated carbocycles. The van der Waals surface area contributed by atoms with Crippen LogP contribution >= 0.6 is 23.2 Å². The Morgan fingerprint density at radius 1 is 1.15 bits per heavy atom. The number of halogens is 5. The van der Waals surface area contributed by atoms with Gasteiger partial charge in [0.25, 0.3) is 0 Å². The highest BCUT2D eigenvalue weighted by molar-refractivity contribution is 6.37. The predicted molar refractivity (Wildman–Crippen MR) is 98.9 cm³/mol. The number of benzene rings is 2. The molecule has 142 valence electrons. The van der Waals surface area contributed by atoms with Gasteiger partial charge >= 0.3 is 12.1 Å². The molecule has 1 aromatic heterocycles. The van der Waals surface area contributed by atoms with Crippen molar-refractivity contribution in [3.05, 3.63) is 68.3 Å². The van der Waals surface area contributed by atoms with E-state index in [4.69, 9.17) is 23.2 Å². The molecule has 0 spiro atoms. The van der Waals surface area contributed by atoms with E-state index in [2.05, 4.69) is 0 Å². The van der Waals surface area contributed by atoms with Gasteiger partial charge in [0.05, 0.1) is 28.2 Å². The highest BCUT2D eigenvalue weighted by atomic mass is 35.5. The van der Waals surface area contributed by atoms with E-state index >= 15 is 0 Å². The Labute approximate surface area is 162 Å². The molecule has 27 heavy (non-hydrogen) atoms. The topological polar surface area (TPSA) is 42.2 Å². The van der Waals surface area contributed by atoms with E-state index in [9.17, 15) is 23.1 Å². The predicted octanol–water partition coefficient (Wildman–Crippen LogP) is 6.33. The van der Waals surface area contributed by atoms with E-state index < -0.39 is 17.7 Å². The second-order valence-electron chi connectivity index (χ2n) is 6.29. The number of alkyl halides is 3. The van der Waals surface area contributed by atoms with Crippen LogP contribution in [-0.4, -0.2) is 15.6 Å². The number of rotatable bonds is 3. The van der Waals surface area contributed by atoms with E-state index in [0.29, 0.717) is 27.7 Å². The molecule has 8 heteroatoms. The summed E-state index contributed by atoms with van der Waals surface area (Å²) in [5.41, 5.74) is 1.39. The van der Waals surface area contributed by atoms with E-state index in [1.807, 2.05) is 0 Å². The fraction of sp³-hybridized carbons (Fsp3) is 0.211. The SMILES string of the molecule is Cc1cc(C(F)(F)F)cc2cc(C)n(Cc3c(Cl)ccc(C(=O)O)c3Cl)c12. The fourth-order valence-electron chi connectivity index (χ4n) is 3.20. The van der Waals surface area contributed by atoms with Gasteiger partial charge in [-0.05, 0) is 49.7 Å². The Kier molecular flexibility index (Phi) is 4.91. The summed E-state index contributed by atoms with van der Waals surface area (Å²) in [4.78, 5) is 11.3. The van der Waals surface area contributed by atoms with Crippen molar-refractivity contribution in [2.75, 3.05) is 0 Å². The first-order valence-corrected chi connectivity index (χ1v) is 8.64. The lowest BCUT2D eigenvalue weighted by molar-refractivity contribution is -0.137. The van der Waals surface area contributed by atoms with Gasteiger partial charge in [-0.1, -0.05) is 23.2 Å². The summed E-state index contributed by atoms with van der Waals surface area (Å²) in [6.07, 6.45) is -4.43. The molecule has 0 aliphatic carbocycles. The molecular formula is C19H14Cl2F3NO2. The zero-order valence-corrected chi connectivity index (χ0v) is 15.8. The number of carboxylic acid groups (broad SMARTS) is 1. The quantitative estimate of drug-likeness (QED) is 0.542. The first-order chi connectivity index (χ1) is 12.5. The molecule has 1 N–H and O–H groups in total. The molecule has 0 fully saturated rings. The number of aromatic carboxylic acids is 1. The molecule has 3 aromatic rings. The maximum atomic E-state index is 13.1. The molecule has 0 aliphatic rings. The van der Waals surface area contributed by atoms with Gasteiger partial charge in [0.2, 0.25) is 0 Å². The summed E-state index contributed by atoms with van der Waals surface area (Å²) in [6.45, 7) is 3.50. The molecule has 0 radical (unpaired) electrons. The van der Waals surface area contributed by atoms with Gasteiger partial charge in [-0.25, -0.2) is 4.79 Å². The monoisotopic (exact) mass is 415 g/mol. The molecule has 0 aliphatic heterocycles. The normalized spacial score (nSPS) is 12.0. The van der Waals surface area contributed by atoms with Crippen LogP contribution in [0.2, 0.25) is 10.0 Å². The average molecular weight is 416 g/mol. The number of hydrogen-bond acceptors (Lipinski definition) is 1. The van der Waals surface area contributed by atoms with Crippen molar-refractivity contribution in [2.24, 2.45) is 0 Å². The Bertz CT molecular complexity index is 1070. The van der Waals surface area contributed by atoms with E-state index in [-0.39, 0.29) is 22.2 Å². The van der Waals surface area contributed by atoms with Crippen LogP contribution in [0.25, 0.3) is 10.9 Å². The van der Waals surface area contributed by atoms with Crippen LogP contribution in [-0.2, 0) is 12.7 Å². The Morgan fingerprint density at radius 2 is 1.81 bits per heavy atom. The molecule has 0 bridgehead atoms. The van der Waals surface area contributed by atoms with Crippen molar-refractivity contribution in [2.45, 2.75) is 26.6 Å². The lowest BCUT2D eigenvalue weighted by Crippen LogP contribution is -2.08. The maximum Gasteiger partial charge on any atom is 0.416 e. The molecule has 2 aromatic carbocycles. The van der Waals surface area contributed by atoms with Crippen LogP contribution in [0.4, 0.5) is 13.2 Å². The first kappa shape index (κ1) is 19.6. The third-order valence-electron chi connectivity index (χ3n) is 4.45. The summed E-state index contributed by atoms with van der Waals surface area (Å²) < 4.78 is 41.0. The van der Waals surface area contributed by atoms with Crippen molar-refractivity contribution in [3.63, 3.8) is 0 Å². The van der Waals surface area contributed by atoms with Crippen molar-refractivity contribution in [1.82, 2.24) is 4.57 Å². The third kappa shape index (κ3) is 3.51. The summed E-state index contributed by atoms with van der Waals surface area (Å²) in [5.74, 6) is -1.18. The Hall–Kier alpha value is -2.18. The standard InChI is InChI=1S/C19H14Cl2F3NO2/c1-9-5-12(19(22,23)24)7-11-6-10(2)25(17(9)11)8-14-15(20)4-3-13(16(14)21)18(26)27/h3-7H,8H2,1-2H3,(H,26,27). The minimum absolute atomic E-state index is 0.0146. The zero-order valence-electron chi connectivity index (χ0n) is 14.3. The molecule has 0 unspecified atom stereocenters. The van der Waals surface area contributed by atoms with Crippen LogP contribution in [0.5, 0.6) is 0 Å². The number of carbonyl (C=O) groups is 1. The number of fused-ring (bicyclic) bond motifs is 1. The molecule has 0 amide bonds. The van der Waals surface area contributed by atoms with Gasteiger partial charge in [0.1, 0.15) is 0 Å². The largest absolute Gasteiger partial charge is 0.478 e. The summed E-state index contributed by atoms with van der Waals surface area (Å²) >= 11 is 12.4. The molecule has 0 saturated heterocycles. The van der Waals surface area contributed by atoms with Gasteiger partial charge < -0.3 is 9.67 Å². The number of aromatic nitrogens is 1. The van der Waals surface area contributed by atoms with Crippen LogP contribution in [0.1, 0.15) is 32.7 Å². The number of hydrogen-bond donors (Lipinski definition) is 1. The van der Waals surface area contributed by atoms with E-state index in [0.717, 1.165) is 12.1 Å². The van der Waals surface area contributed by atoms with Crippen molar-refractivity contribution >= 4 is 40.1 Å². The second-order valence-corrected chi connectivity index (χ2v) is 7.08. The van der Waals surface area contributed by atoms with Gasteiger partial charge in [-0.15, -0.1) is 0 Å². The van der Waals surface area contributed by atoms with Gasteiger partial charge in [-0.2, -0.15) is 13.2 Å². The maximum absolute atomic E-state index is 13.1. The van der Waals surface area contributed by atoms with Gasteiger partial charge in [-0.3, -0.25) is 0 Å². The van der Waals surface area contributed by atoms with Crippen LogP contribution < -0.4 is 0 Å². The van der Waals surface area contributed by atoms with Gasteiger partial charge in [0.15, 0.2) is 0 Å². The van der Waals surface area contributed by atoms with E-state index in [1.165, 1.54) is 12.1 Å². The van der Waals surface area contributed by atoms with Crippen LogP contribution in [0, 0.1) is 13.8 Å². The van der Waals surface area contributed by atoms with E-state index in [1.54, 1.807) is 24.5 Å². The van der Waals surface area contributed by atoms with Crippen molar-refractivity contribution in [1.29, 1.82) is 0 Å². The van der Waals surface area contributed by atoms with Crippen molar-refractivity contribution < 1.29 is 23.1 Å². The summed E-state index contributed by atoms with van der Waals surface area (Å²) in [5, 5.41) is 9.99. The number of aryl methyl sites for hydroxylation is 2. The highest BCUT2D eigenvalue weighted by Gasteiger charge is 2.31. The van der Waals surface area contributed by atoms with Gasteiger partial charge in [0, 0.05) is 21.7 Å². The molecular weight excluding hydrogens is 402 g/mol. The smallest absolute Gasteiger partial charge is 0.416 e. The Morgan fingerprint density at radius 3 is 2.41 bits per heavy atom. The Balaban J connectivity index is 2.19.